The summed E-state index contributed by atoms with van der Waals surface area (Å²) in [5, 5.41) is 0. The van der Waals surface area contributed by atoms with Gasteiger partial charge in [0.2, 0.25) is 0 Å². The highest BCUT2D eigenvalue weighted by Crippen LogP contribution is 2.23. The van der Waals surface area contributed by atoms with Gasteiger partial charge in [-0.15, -0.1) is 0 Å². The molecule has 0 saturated carbocycles. The predicted molar refractivity (Wildman–Crippen MR) is 59.1 cm³/mol. The summed E-state index contributed by atoms with van der Waals surface area (Å²) < 4.78 is 11.9. The Morgan fingerprint density at radius 1 is 1.56 bits per heavy atom. The van der Waals surface area contributed by atoms with E-state index in [1.165, 1.54) is 4.58 Å². The van der Waals surface area contributed by atoms with E-state index >= 15 is 0 Å². The smallest absolute Gasteiger partial charge is 0.434 e. The zero-order valence-electron chi connectivity index (χ0n) is 9.40. The molecule has 2 rings (SSSR count). The van der Waals surface area contributed by atoms with Crippen molar-refractivity contribution in [2.75, 3.05) is 13.3 Å². The maximum atomic E-state index is 11.5. The van der Waals surface area contributed by atoms with Gasteiger partial charge in [0.25, 0.3) is 6.73 Å². The molecule has 1 aliphatic heterocycles. The maximum Gasteiger partial charge on any atom is 0.599 e. The molecule has 4 nitrogen and oxygen atoms in total. The van der Waals surface area contributed by atoms with Crippen LogP contribution in [-0.2, 0) is 4.74 Å². The normalized spacial score (nSPS) is 13.5. The second-order valence-corrected chi connectivity index (χ2v) is 3.56. The molecule has 1 aromatic rings. The number of hydrogen-bond acceptors (Lipinski definition) is 3. The molecule has 0 fully saturated rings. The van der Waals surface area contributed by atoms with Gasteiger partial charge in [-0.3, -0.25) is 0 Å². The largest absolute Gasteiger partial charge is 0.599 e. The summed E-state index contributed by atoms with van der Waals surface area (Å²) in [6.07, 6.45) is 1.37. The van der Waals surface area contributed by atoms with Crippen molar-refractivity contribution in [2.45, 2.75) is 13.8 Å². The lowest BCUT2D eigenvalue weighted by Crippen LogP contribution is -2.30. The number of para-hydroxylation sites is 1. The fourth-order valence-corrected chi connectivity index (χ4v) is 1.63. The minimum Gasteiger partial charge on any atom is -0.434 e. The number of carbonyl (C=O) groups is 1. The van der Waals surface area contributed by atoms with E-state index in [2.05, 4.69) is 0 Å². The third-order valence-electron chi connectivity index (χ3n) is 2.39. The fraction of sp³-hybridized carbons (Fsp3) is 0.333. The molecular weight excluding hydrogens is 206 g/mol. The van der Waals surface area contributed by atoms with Crippen molar-refractivity contribution in [1.29, 1.82) is 0 Å². The molecule has 1 amide bonds. The van der Waals surface area contributed by atoms with Crippen LogP contribution in [0.2, 0.25) is 0 Å². The number of carbonyl (C=O) groups excluding carboxylic acids is 1. The third-order valence-corrected chi connectivity index (χ3v) is 2.39. The van der Waals surface area contributed by atoms with Crippen LogP contribution in [0.3, 0.4) is 0 Å². The first-order valence-electron chi connectivity index (χ1n) is 5.23. The van der Waals surface area contributed by atoms with Crippen LogP contribution in [0.4, 0.5) is 4.79 Å². The average molecular weight is 220 g/mol. The Morgan fingerprint density at radius 3 is 3.12 bits per heavy atom. The fourth-order valence-electron chi connectivity index (χ4n) is 1.63. The van der Waals surface area contributed by atoms with Gasteiger partial charge < -0.3 is 9.47 Å². The van der Waals surface area contributed by atoms with E-state index in [1.807, 2.05) is 25.1 Å². The Morgan fingerprint density at radius 2 is 2.38 bits per heavy atom. The van der Waals surface area contributed by atoms with Gasteiger partial charge in [0.15, 0.2) is 6.21 Å². The van der Waals surface area contributed by atoms with Crippen LogP contribution in [0, 0.1) is 6.92 Å². The minimum atomic E-state index is -0.380. The summed E-state index contributed by atoms with van der Waals surface area (Å²) in [5.41, 5.74) is 1.97. The second kappa shape index (κ2) is 4.35. The number of nitrogens with zero attached hydrogens (tertiary/aromatic N) is 1. The summed E-state index contributed by atoms with van der Waals surface area (Å²) in [6.45, 7) is 4.33. The molecule has 4 heteroatoms. The van der Waals surface area contributed by atoms with Gasteiger partial charge in [-0.05, 0) is 25.5 Å². The quantitative estimate of drug-likeness (QED) is 0.679. The molecular formula is C12H14NO3+. The summed E-state index contributed by atoms with van der Waals surface area (Å²) in [4.78, 5) is 11.5. The van der Waals surface area contributed by atoms with Gasteiger partial charge in [-0.25, -0.2) is 0 Å². The minimum absolute atomic E-state index is 0.205. The molecule has 0 saturated heterocycles. The van der Waals surface area contributed by atoms with Crippen molar-refractivity contribution < 1.29 is 18.8 Å². The highest BCUT2D eigenvalue weighted by Gasteiger charge is 2.25. The number of ether oxygens (including phenoxy) is 2. The third kappa shape index (κ3) is 1.91. The molecule has 0 radical (unpaired) electrons. The average Bonchev–Trinajstić information content (AvgIpc) is 2.29. The van der Waals surface area contributed by atoms with Crippen molar-refractivity contribution in [1.82, 2.24) is 0 Å². The Kier molecular flexibility index (Phi) is 2.90. The Balaban J connectivity index is 2.31. The Labute approximate surface area is 94.1 Å². The van der Waals surface area contributed by atoms with E-state index in [0.717, 1.165) is 16.9 Å². The summed E-state index contributed by atoms with van der Waals surface area (Å²) in [5.74, 6) is 0.836. The zero-order chi connectivity index (χ0) is 11.5. The zero-order valence-corrected chi connectivity index (χ0v) is 9.40. The Bertz CT molecular complexity index is 452. The molecule has 0 spiro atoms. The van der Waals surface area contributed by atoms with E-state index in [9.17, 15) is 4.79 Å². The number of fused-ring (bicyclic) bond motifs is 1. The molecule has 1 aliphatic rings. The van der Waals surface area contributed by atoms with Crippen molar-refractivity contribution in [3.05, 3.63) is 29.3 Å². The second-order valence-electron chi connectivity index (χ2n) is 3.56. The van der Waals surface area contributed by atoms with Crippen LogP contribution >= 0.6 is 0 Å². The number of benzene rings is 1. The lowest BCUT2D eigenvalue weighted by Gasteiger charge is -2.13. The first-order valence-corrected chi connectivity index (χ1v) is 5.23. The lowest BCUT2D eigenvalue weighted by molar-refractivity contribution is -0.479. The summed E-state index contributed by atoms with van der Waals surface area (Å²) in [7, 11) is 0. The lowest BCUT2D eigenvalue weighted by atomic mass is 10.1. The number of hydrogen-bond donors (Lipinski definition) is 0. The predicted octanol–water partition coefficient (Wildman–Crippen LogP) is 1.93. The van der Waals surface area contributed by atoms with Crippen molar-refractivity contribution in [2.24, 2.45) is 0 Å². The van der Waals surface area contributed by atoms with Crippen LogP contribution < -0.4 is 4.74 Å². The van der Waals surface area contributed by atoms with Gasteiger partial charge in [-0.1, -0.05) is 16.7 Å². The van der Waals surface area contributed by atoms with E-state index in [4.69, 9.17) is 9.47 Å². The van der Waals surface area contributed by atoms with Crippen LogP contribution in [-0.4, -0.2) is 30.2 Å². The van der Waals surface area contributed by atoms with Gasteiger partial charge >= 0.3 is 6.09 Å². The van der Waals surface area contributed by atoms with Crippen LogP contribution in [0.15, 0.2) is 18.2 Å². The molecule has 1 aromatic carbocycles. The van der Waals surface area contributed by atoms with Crippen molar-refractivity contribution >= 4 is 12.3 Å². The number of amides is 1. The summed E-state index contributed by atoms with van der Waals surface area (Å²) >= 11 is 0. The molecule has 1 heterocycles. The molecule has 0 aliphatic carbocycles. The highest BCUT2D eigenvalue weighted by atomic mass is 16.6. The standard InChI is InChI=1S/C12H14NO3/c1-3-15-12(14)13-7-10-6-4-5-9(2)11(10)16-8-13/h4-7H,3,8H2,1-2H3/q+1. The Hall–Kier alpha value is -1.84. The van der Waals surface area contributed by atoms with Gasteiger partial charge in [0, 0.05) is 0 Å². The van der Waals surface area contributed by atoms with Crippen LogP contribution in [0.25, 0.3) is 0 Å². The van der Waals surface area contributed by atoms with Crippen molar-refractivity contribution in [3.63, 3.8) is 0 Å². The SMILES string of the molecule is CCOC(=O)[N+]1=Cc2cccc(C)c2OC1. The van der Waals surface area contributed by atoms with E-state index in [1.54, 1.807) is 13.1 Å². The van der Waals surface area contributed by atoms with Crippen LogP contribution in [0.1, 0.15) is 18.1 Å². The van der Waals surface area contributed by atoms with E-state index in [0.29, 0.717) is 6.61 Å². The molecule has 84 valence electrons. The molecule has 0 bridgehead atoms. The molecule has 0 unspecified atom stereocenters. The molecule has 0 atom stereocenters. The topological polar surface area (TPSA) is 38.5 Å². The highest BCUT2D eigenvalue weighted by molar-refractivity contribution is 5.84. The van der Waals surface area contributed by atoms with Gasteiger partial charge in [0.05, 0.1) is 12.2 Å². The van der Waals surface area contributed by atoms with E-state index < -0.39 is 0 Å². The number of aryl methyl sites for hydroxylation is 1. The molecule has 0 aromatic heterocycles. The molecule has 16 heavy (non-hydrogen) atoms. The van der Waals surface area contributed by atoms with Crippen molar-refractivity contribution in [3.8, 4) is 5.75 Å². The van der Waals surface area contributed by atoms with E-state index in [-0.39, 0.29) is 12.8 Å². The first-order chi connectivity index (χ1) is 7.72. The maximum absolute atomic E-state index is 11.5. The van der Waals surface area contributed by atoms with Crippen LogP contribution in [0.5, 0.6) is 5.75 Å². The number of rotatable bonds is 1. The molecule has 0 N–H and O–H groups in total. The van der Waals surface area contributed by atoms with Gasteiger partial charge in [0.1, 0.15) is 5.75 Å². The first kappa shape index (κ1) is 10.7. The summed E-state index contributed by atoms with van der Waals surface area (Å²) in [6, 6.07) is 5.82. The van der Waals surface area contributed by atoms with Gasteiger partial charge in [-0.2, -0.15) is 4.79 Å². The monoisotopic (exact) mass is 220 g/mol.